The monoisotopic (exact) mass is 376 g/mol. The standard InChI is InChI=1S/C23H21FN2O2/c1-28-20-12-6-17(7-13-20)22-21-5-3-2-4-16(21)14-15-26(22)23(27)25-19-10-8-18(24)9-11-19/h2-13,22H,14-15H2,1H3,(H,25,27). The number of rotatable bonds is 3. The summed E-state index contributed by atoms with van der Waals surface area (Å²) in [7, 11) is 1.63. The zero-order valence-corrected chi connectivity index (χ0v) is 15.6. The summed E-state index contributed by atoms with van der Waals surface area (Å²) in [5.41, 5.74) is 3.95. The normalized spacial score (nSPS) is 15.6. The van der Waals surface area contributed by atoms with Gasteiger partial charge in [0.1, 0.15) is 11.6 Å². The van der Waals surface area contributed by atoms with Gasteiger partial charge in [-0.2, -0.15) is 0 Å². The Morgan fingerprint density at radius 2 is 1.75 bits per heavy atom. The number of fused-ring (bicyclic) bond motifs is 1. The molecule has 1 unspecified atom stereocenters. The lowest BCUT2D eigenvalue weighted by molar-refractivity contribution is 0.194. The van der Waals surface area contributed by atoms with Crippen molar-refractivity contribution in [2.75, 3.05) is 19.0 Å². The molecular formula is C23H21FN2O2. The second kappa shape index (κ2) is 7.72. The minimum atomic E-state index is -0.332. The average molecular weight is 376 g/mol. The van der Waals surface area contributed by atoms with Gasteiger partial charge in [-0.3, -0.25) is 0 Å². The number of amides is 2. The van der Waals surface area contributed by atoms with Gasteiger partial charge in [0, 0.05) is 12.2 Å². The lowest BCUT2D eigenvalue weighted by Gasteiger charge is -2.37. The molecule has 4 nitrogen and oxygen atoms in total. The number of carbonyl (C=O) groups is 1. The molecular weight excluding hydrogens is 355 g/mol. The van der Waals surface area contributed by atoms with Gasteiger partial charge in [0.25, 0.3) is 0 Å². The van der Waals surface area contributed by atoms with Crippen LogP contribution in [-0.2, 0) is 6.42 Å². The highest BCUT2D eigenvalue weighted by Gasteiger charge is 2.32. The van der Waals surface area contributed by atoms with E-state index in [-0.39, 0.29) is 17.9 Å². The number of anilines is 1. The van der Waals surface area contributed by atoms with Crippen LogP contribution >= 0.6 is 0 Å². The first-order chi connectivity index (χ1) is 13.7. The van der Waals surface area contributed by atoms with Gasteiger partial charge < -0.3 is 15.0 Å². The molecule has 5 heteroatoms. The highest BCUT2D eigenvalue weighted by atomic mass is 19.1. The minimum absolute atomic E-state index is 0.198. The van der Waals surface area contributed by atoms with Gasteiger partial charge >= 0.3 is 6.03 Å². The lowest BCUT2D eigenvalue weighted by atomic mass is 9.88. The molecule has 28 heavy (non-hydrogen) atoms. The van der Waals surface area contributed by atoms with Gasteiger partial charge in [0.15, 0.2) is 0 Å². The summed E-state index contributed by atoms with van der Waals surface area (Å²) >= 11 is 0. The summed E-state index contributed by atoms with van der Waals surface area (Å²) < 4.78 is 18.4. The predicted molar refractivity (Wildman–Crippen MR) is 107 cm³/mol. The summed E-state index contributed by atoms with van der Waals surface area (Å²) in [6, 6.07) is 21.4. The van der Waals surface area contributed by atoms with Crippen LogP contribution in [0.5, 0.6) is 5.75 Å². The second-order valence-electron chi connectivity index (χ2n) is 6.75. The molecule has 2 amide bonds. The molecule has 4 rings (SSSR count). The number of hydrogen-bond acceptors (Lipinski definition) is 2. The van der Waals surface area contributed by atoms with Crippen LogP contribution in [0, 0.1) is 5.82 Å². The zero-order valence-electron chi connectivity index (χ0n) is 15.6. The van der Waals surface area contributed by atoms with Crippen molar-refractivity contribution in [1.29, 1.82) is 0 Å². The van der Waals surface area contributed by atoms with Gasteiger partial charge in [-0.1, -0.05) is 36.4 Å². The molecule has 3 aromatic carbocycles. The molecule has 0 radical (unpaired) electrons. The van der Waals surface area contributed by atoms with Crippen LogP contribution in [-0.4, -0.2) is 24.6 Å². The Kier molecular flexibility index (Phi) is 4.98. The molecule has 1 N–H and O–H groups in total. The highest BCUT2D eigenvalue weighted by Crippen LogP contribution is 2.36. The van der Waals surface area contributed by atoms with E-state index in [1.165, 1.54) is 17.7 Å². The molecule has 0 saturated heterocycles. The summed E-state index contributed by atoms with van der Waals surface area (Å²) in [4.78, 5) is 14.9. The van der Waals surface area contributed by atoms with E-state index in [1.54, 1.807) is 19.2 Å². The van der Waals surface area contributed by atoms with Gasteiger partial charge in [0.2, 0.25) is 0 Å². The van der Waals surface area contributed by atoms with Crippen LogP contribution in [0.25, 0.3) is 0 Å². The summed E-state index contributed by atoms with van der Waals surface area (Å²) in [6.45, 7) is 0.598. The molecule has 0 spiro atoms. The van der Waals surface area contributed by atoms with Crippen LogP contribution in [0.1, 0.15) is 22.7 Å². The molecule has 1 aliphatic rings. The Labute approximate surface area is 163 Å². The summed E-state index contributed by atoms with van der Waals surface area (Å²) in [5, 5.41) is 2.89. The minimum Gasteiger partial charge on any atom is -0.497 e. The van der Waals surface area contributed by atoms with Crippen molar-refractivity contribution in [3.63, 3.8) is 0 Å². The average Bonchev–Trinajstić information content (AvgIpc) is 2.74. The van der Waals surface area contributed by atoms with Gasteiger partial charge in [-0.25, -0.2) is 9.18 Å². The first-order valence-electron chi connectivity index (χ1n) is 9.20. The Hall–Kier alpha value is -3.34. The molecule has 1 heterocycles. The van der Waals surface area contributed by atoms with Crippen LogP contribution in [0.2, 0.25) is 0 Å². The zero-order chi connectivity index (χ0) is 19.5. The number of hydrogen-bond donors (Lipinski definition) is 1. The maximum absolute atomic E-state index is 13.2. The second-order valence-corrected chi connectivity index (χ2v) is 6.75. The Morgan fingerprint density at radius 1 is 1.04 bits per heavy atom. The number of ether oxygens (including phenoxy) is 1. The van der Waals surface area contributed by atoms with Crippen molar-refractivity contribution >= 4 is 11.7 Å². The van der Waals surface area contributed by atoms with Crippen LogP contribution < -0.4 is 10.1 Å². The van der Waals surface area contributed by atoms with Gasteiger partial charge in [-0.05, 0) is 59.5 Å². The molecule has 142 valence electrons. The smallest absolute Gasteiger partial charge is 0.322 e. The number of carbonyl (C=O) groups excluding carboxylic acids is 1. The largest absolute Gasteiger partial charge is 0.497 e. The fourth-order valence-corrected chi connectivity index (χ4v) is 3.66. The van der Waals surface area contributed by atoms with Crippen molar-refractivity contribution in [2.24, 2.45) is 0 Å². The lowest BCUT2D eigenvalue weighted by Crippen LogP contribution is -2.43. The first-order valence-corrected chi connectivity index (χ1v) is 9.20. The topological polar surface area (TPSA) is 41.6 Å². The number of nitrogens with zero attached hydrogens (tertiary/aromatic N) is 1. The third-order valence-corrected chi connectivity index (χ3v) is 5.07. The molecule has 0 aromatic heterocycles. The molecule has 0 fully saturated rings. The highest BCUT2D eigenvalue weighted by molar-refractivity contribution is 5.90. The Bertz CT molecular complexity index is 971. The third-order valence-electron chi connectivity index (χ3n) is 5.07. The SMILES string of the molecule is COc1ccc(C2c3ccccc3CCN2C(=O)Nc2ccc(F)cc2)cc1. The number of halogens is 1. The molecule has 0 bridgehead atoms. The Morgan fingerprint density at radius 3 is 2.46 bits per heavy atom. The molecule has 0 saturated carbocycles. The van der Waals surface area contributed by atoms with Crippen LogP contribution in [0.4, 0.5) is 14.9 Å². The van der Waals surface area contributed by atoms with E-state index >= 15 is 0 Å². The van der Waals surface area contributed by atoms with Crippen molar-refractivity contribution in [3.05, 3.63) is 95.3 Å². The summed E-state index contributed by atoms with van der Waals surface area (Å²) in [6.07, 6.45) is 0.791. The van der Waals surface area contributed by atoms with Crippen molar-refractivity contribution in [2.45, 2.75) is 12.5 Å². The molecule has 1 aliphatic heterocycles. The van der Waals surface area contributed by atoms with Crippen LogP contribution in [0.3, 0.4) is 0 Å². The third kappa shape index (κ3) is 3.56. The van der Waals surface area contributed by atoms with Crippen molar-refractivity contribution < 1.29 is 13.9 Å². The van der Waals surface area contributed by atoms with E-state index in [0.29, 0.717) is 12.2 Å². The van der Waals surface area contributed by atoms with Gasteiger partial charge in [0.05, 0.1) is 13.2 Å². The number of nitrogens with one attached hydrogen (secondary N) is 1. The quantitative estimate of drug-likeness (QED) is 0.698. The fourth-order valence-electron chi connectivity index (χ4n) is 3.66. The van der Waals surface area contributed by atoms with E-state index in [2.05, 4.69) is 17.4 Å². The van der Waals surface area contributed by atoms with E-state index < -0.39 is 0 Å². The maximum atomic E-state index is 13.2. The first kappa shape index (κ1) is 18.0. The van der Waals surface area contributed by atoms with E-state index in [1.807, 2.05) is 41.3 Å². The fraction of sp³-hybridized carbons (Fsp3) is 0.174. The van der Waals surface area contributed by atoms with E-state index in [9.17, 15) is 9.18 Å². The molecule has 0 aliphatic carbocycles. The number of benzene rings is 3. The maximum Gasteiger partial charge on any atom is 0.322 e. The van der Waals surface area contributed by atoms with E-state index in [0.717, 1.165) is 23.3 Å². The predicted octanol–water partition coefficient (Wildman–Crippen LogP) is 5.01. The molecule has 3 aromatic rings. The van der Waals surface area contributed by atoms with Crippen LogP contribution in [0.15, 0.2) is 72.8 Å². The van der Waals surface area contributed by atoms with Crippen molar-refractivity contribution in [3.8, 4) is 5.75 Å². The van der Waals surface area contributed by atoms with E-state index in [4.69, 9.17) is 4.74 Å². The Balaban J connectivity index is 1.68. The number of urea groups is 1. The van der Waals surface area contributed by atoms with Gasteiger partial charge in [-0.15, -0.1) is 0 Å². The summed E-state index contributed by atoms with van der Waals surface area (Å²) in [5.74, 6) is 0.441. The molecule has 1 atom stereocenters. The number of methoxy groups -OCH3 is 1. The van der Waals surface area contributed by atoms with Crippen molar-refractivity contribution in [1.82, 2.24) is 4.90 Å².